The van der Waals surface area contributed by atoms with Crippen molar-refractivity contribution in [3.8, 4) is 0 Å². The van der Waals surface area contributed by atoms with Crippen molar-refractivity contribution in [2.24, 2.45) is 10.9 Å². The average molecular weight is 410 g/mol. The zero-order chi connectivity index (χ0) is 15.0. The molecule has 0 aliphatic heterocycles. The van der Waals surface area contributed by atoms with E-state index in [1.807, 2.05) is 7.05 Å². The van der Waals surface area contributed by atoms with Crippen LogP contribution in [0.15, 0.2) is 4.99 Å². The SMILES string of the molecule is CN=C(NCCCN(C(C)C)C(C)C)NCCC1CC1.I. The van der Waals surface area contributed by atoms with Gasteiger partial charge in [0.2, 0.25) is 0 Å². The molecule has 4 nitrogen and oxygen atoms in total. The number of rotatable bonds is 9. The lowest BCUT2D eigenvalue weighted by molar-refractivity contribution is 0.173. The Morgan fingerprint density at radius 3 is 2.14 bits per heavy atom. The van der Waals surface area contributed by atoms with Crippen molar-refractivity contribution in [1.82, 2.24) is 15.5 Å². The number of hydrogen-bond donors (Lipinski definition) is 2. The van der Waals surface area contributed by atoms with Crippen LogP contribution >= 0.6 is 24.0 Å². The lowest BCUT2D eigenvalue weighted by Gasteiger charge is -2.30. The van der Waals surface area contributed by atoms with E-state index in [1.54, 1.807) is 0 Å². The van der Waals surface area contributed by atoms with E-state index in [4.69, 9.17) is 0 Å². The number of halogens is 1. The van der Waals surface area contributed by atoms with Crippen LogP contribution in [0.25, 0.3) is 0 Å². The topological polar surface area (TPSA) is 39.7 Å². The first-order chi connectivity index (χ1) is 9.54. The quantitative estimate of drug-likeness (QED) is 0.266. The first-order valence-electron chi connectivity index (χ1n) is 8.24. The van der Waals surface area contributed by atoms with Crippen LogP contribution in [0, 0.1) is 5.92 Å². The van der Waals surface area contributed by atoms with Gasteiger partial charge in [0.25, 0.3) is 0 Å². The Bertz CT molecular complexity index is 280. The van der Waals surface area contributed by atoms with Gasteiger partial charge in [-0.15, -0.1) is 24.0 Å². The maximum absolute atomic E-state index is 4.27. The third-order valence-electron chi connectivity index (χ3n) is 3.98. The van der Waals surface area contributed by atoms with Gasteiger partial charge in [-0.1, -0.05) is 12.8 Å². The number of hydrogen-bond acceptors (Lipinski definition) is 2. The molecule has 126 valence electrons. The summed E-state index contributed by atoms with van der Waals surface area (Å²) in [5, 5.41) is 6.81. The lowest BCUT2D eigenvalue weighted by atomic mass is 10.2. The first-order valence-corrected chi connectivity index (χ1v) is 8.24. The van der Waals surface area contributed by atoms with E-state index in [0.29, 0.717) is 12.1 Å². The van der Waals surface area contributed by atoms with E-state index in [1.165, 1.54) is 19.3 Å². The van der Waals surface area contributed by atoms with Crippen LogP contribution < -0.4 is 10.6 Å². The molecule has 1 saturated carbocycles. The Morgan fingerprint density at radius 1 is 1.10 bits per heavy atom. The van der Waals surface area contributed by atoms with Crippen LogP contribution in [0.2, 0.25) is 0 Å². The average Bonchev–Trinajstić information content (AvgIpc) is 3.19. The normalized spacial score (nSPS) is 15.5. The van der Waals surface area contributed by atoms with Crippen LogP contribution in [0.4, 0.5) is 0 Å². The Morgan fingerprint density at radius 2 is 1.67 bits per heavy atom. The highest BCUT2D eigenvalue weighted by Crippen LogP contribution is 2.31. The Hall–Kier alpha value is -0.0400. The highest BCUT2D eigenvalue weighted by molar-refractivity contribution is 14.0. The smallest absolute Gasteiger partial charge is 0.190 e. The molecule has 0 aromatic heterocycles. The molecule has 0 spiro atoms. The van der Waals surface area contributed by atoms with Gasteiger partial charge in [0.1, 0.15) is 0 Å². The van der Waals surface area contributed by atoms with Crippen molar-refractivity contribution in [2.75, 3.05) is 26.7 Å². The van der Waals surface area contributed by atoms with Crippen molar-refractivity contribution in [3.05, 3.63) is 0 Å². The fraction of sp³-hybridized carbons (Fsp3) is 0.938. The summed E-state index contributed by atoms with van der Waals surface area (Å²) in [6.45, 7) is 12.3. The fourth-order valence-electron chi connectivity index (χ4n) is 2.60. The molecule has 0 unspecified atom stereocenters. The second-order valence-electron chi connectivity index (χ2n) is 6.44. The first kappa shape index (κ1) is 21.0. The van der Waals surface area contributed by atoms with Gasteiger partial charge in [0.15, 0.2) is 5.96 Å². The van der Waals surface area contributed by atoms with E-state index >= 15 is 0 Å². The largest absolute Gasteiger partial charge is 0.356 e. The minimum atomic E-state index is 0. The zero-order valence-corrected chi connectivity index (χ0v) is 16.8. The zero-order valence-electron chi connectivity index (χ0n) is 14.5. The molecule has 0 amide bonds. The van der Waals surface area contributed by atoms with Gasteiger partial charge in [-0.25, -0.2) is 0 Å². The summed E-state index contributed by atoms with van der Waals surface area (Å²) in [5.74, 6) is 1.93. The molecule has 1 aliphatic carbocycles. The third kappa shape index (κ3) is 9.55. The lowest BCUT2D eigenvalue weighted by Crippen LogP contribution is -2.41. The molecular formula is C16H35IN4. The van der Waals surface area contributed by atoms with Crippen LogP contribution in [0.3, 0.4) is 0 Å². The van der Waals surface area contributed by atoms with E-state index < -0.39 is 0 Å². The number of aliphatic imine (C=N–C) groups is 1. The maximum Gasteiger partial charge on any atom is 0.190 e. The Labute approximate surface area is 148 Å². The van der Waals surface area contributed by atoms with Gasteiger partial charge in [-0.05, 0) is 46.5 Å². The van der Waals surface area contributed by atoms with Gasteiger partial charge in [0, 0.05) is 38.8 Å². The Balaban J connectivity index is 0.00000400. The highest BCUT2D eigenvalue weighted by atomic mass is 127. The minimum absolute atomic E-state index is 0. The second-order valence-corrected chi connectivity index (χ2v) is 6.44. The molecule has 0 radical (unpaired) electrons. The predicted octanol–water partition coefficient (Wildman–Crippen LogP) is 3.08. The summed E-state index contributed by atoms with van der Waals surface area (Å²) in [6, 6.07) is 1.23. The second kappa shape index (κ2) is 11.5. The molecule has 1 fully saturated rings. The van der Waals surface area contributed by atoms with E-state index in [9.17, 15) is 0 Å². The molecule has 1 rings (SSSR count). The van der Waals surface area contributed by atoms with Gasteiger partial charge in [0.05, 0.1) is 0 Å². The van der Waals surface area contributed by atoms with Crippen molar-refractivity contribution in [3.63, 3.8) is 0 Å². The van der Waals surface area contributed by atoms with Crippen LogP contribution in [-0.2, 0) is 0 Å². The van der Waals surface area contributed by atoms with Crippen molar-refractivity contribution < 1.29 is 0 Å². The highest BCUT2D eigenvalue weighted by Gasteiger charge is 2.20. The Kier molecular flexibility index (Phi) is 11.5. The minimum Gasteiger partial charge on any atom is -0.356 e. The molecule has 0 bridgehead atoms. The van der Waals surface area contributed by atoms with Gasteiger partial charge >= 0.3 is 0 Å². The van der Waals surface area contributed by atoms with E-state index in [-0.39, 0.29) is 24.0 Å². The molecular weight excluding hydrogens is 375 g/mol. The monoisotopic (exact) mass is 410 g/mol. The molecule has 0 heterocycles. The molecule has 0 aromatic carbocycles. The standard InChI is InChI=1S/C16H34N4.HI/c1-13(2)20(14(3)4)12-6-10-18-16(17-5)19-11-9-15-7-8-15;/h13-15H,6-12H2,1-5H3,(H2,17,18,19);1H. The van der Waals surface area contributed by atoms with Crippen molar-refractivity contribution >= 4 is 29.9 Å². The third-order valence-corrected chi connectivity index (χ3v) is 3.98. The number of nitrogens with one attached hydrogen (secondary N) is 2. The number of nitrogens with zero attached hydrogens (tertiary/aromatic N) is 2. The van der Waals surface area contributed by atoms with Crippen molar-refractivity contribution in [1.29, 1.82) is 0 Å². The summed E-state index contributed by atoms with van der Waals surface area (Å²) in [7, 11) is 1.85. The summed E-state index contributed by atoms with van der Waals surface area (Å²) >= 11 is 0. The molecule has 5 heteroatoms. The van der Waals surface area contributed by atoms with Crippen LogP contribution in [0.5, 0.6) is 0 Å². The summed E-state index contributed by atoms with van der Waals surface area (Å²) in [4.78, 5) is 6.81. The van der Waals surface area contributed by atoms with E-state index in [0.717, 1.165) is 37.9 Å². The fourth-order valence-corrected chi connectivity index (χ4v) is 2.60. The molecule has 0 aromatic rings. The maximum atomic E-state index is 4.27. The van der Waals surface area contributed by atoms with Gasteiger partial charge in [-0.2, -0.15) is 0 Å². The van der Waals surface area contributed by atoms with E-state index in [2.05, 4.69) is 48.2 Å². The molecule has 21 heavy (non-hydrogen) atoms. The van der Waals surface area contributed by atoms with Gasteiger partial charge in [-0.3, -0.25) is 9.89 Å². The molecule has 0 atom stereocenters. The molecule has 0 saturated heterocycles. The van der Waals surface area contributed by atoms with Crippen molar-refractivity contribution in [2.45, 2.75) is 65.5 Å². The molecule has 1 aliphatic rings. The summed E-state index contributed by atoms with van der Waals surface area (Å²) in [5.41, 5.74) is 0. The predicted molar refractivity (Wildman–Crippen MR) is 104 cm³/mol. The van der Waals surface area contributed by atoms with Crippen LogP contribution in [0.1, 0.15) is 53.4 Å². The summed E-state index contributed by atoms with van der Waals surface area (Å²) in [6.07, 6.45) is 5.29. The summed E-state index contributed by atoms with van der Waals surface area (Å²) < 4.78 is 0. The van der Waals surface area contributed by atoms with Crippen LogP contribution in [-0.4, -0.2) is 49.6 Å². The number of guanidine groups is 1. The molecule has 2 N–H and O–H groups in total. The van der Waals surface area contributed by atoms with Gasteiger partial charge < -0.3 is 10.6 Å².